The maximum atomic E-state index is 12.4. The Hall–Kier alpha value is -4.58. The van der Waals surface area contributed by atoms with Gasteiger partial charge in [0.2, 0.25) is 0 Å². The van der Waals surface area contributed by atoms with Crippen molar-refractivity contribution in [2.24, 2.45) is 11.3 Å². The van der Waals surface area contributed by atoms with Gasteiger partial charge in [0.15, 0.2) is 5.78 Å². The standard InChI is InChI=1S/C22H30O2.C20H20N2O2/c1-13(2)18-11-16-8-9-21-17(20(16)12-19(18)14(3)23)7-6-10-22(21,5)15(4)24;1-21-15-3-7-17(8-4-15)23-19-11-13-20(14-12-19)24-18-9-5-16(22-2)6-10-18/h11-13,17,21H,6-10H2,1-5H3;3-14,21-22H,1-2H3. The molecule has 6 nitrogen and oxygen atoms in total. The summed E-state index contributed by atoms with van der Waals surface area (Å²) in [6.07, 6.45) is 5.42. The molecule has 0 saturated heterocycles. The van der Waals surface area contributed by atoms with E-state index in [2.05, 4.69) is 43.5 Å². The van der Waals surface area contributed by atoms with Crippen LogP contribution in [0.1, 0.15) is 99.2 Å². The first-order valence-electron chi connectivity index (χ1n) is 17.2. The molecule has 0 aliphatic heterocycles. The van der Waals surface area contributed by atoms with E-state index in [0.717, 1.165) is 72.0 Å². The third-order valence-electron chi connectivity index (χ3n) is 10.3. The van der Waals surface area contributed by atoms with E-state index in [1.807, 2.05) is 86.9 Å². The second-order valence-corrected chi connectivity index (χ2v) is 13.7. The van der Waals surface area contributed by atoms with Crippen LogP contribution >= 0.6 is 0 Å². The minimum Gasteiger partial charge on any atom is -0.457 e. The quantitative estimate of drug-likeness (QED) is 0.176. The Balaban J connectivity index is 0.000000188. The lowest BCUT2D eigenvalue weighted by molar-refractivity contribution is -0.131. The lowest BCUT2D eigenvalue weighted by Gasteiger charge is -2.48. The van der Waals surface area contributed by atoms with Crippen LogP contribution in [0.4, 0.5) is 11.4 Å². The summed E-state index contributed by atoms with van der Waals surface area (Å²) < 4.78 is 11.6. The van der Waals surface area contributed by atoms with Gasteiger partial charge in [-0.1, -0.05) is 33.3 Å². The molecule has 4 aromatic carbocycles. The van der Waals surface area contributed by atoms with Gasteiger partial charge in [0.25, 0.3) is 0 Å². The maximum Gasteiger partial charge on any atom is 0.160 e. The minimum absolute atomic E-state index is 0.161. The summed E-state index contributed by atoms with van der Waals surface area (Å²) in [5.74, 6) is 4.86. The molecule has 1 saturated carbocycles. The molecule has 3 atom stereocenters. The number of nitrogens with one attached hydrogen (secondary N) is 2. The Morgan fingerprint density at radius 1 is 0.750 bits per heavy atom. The van der Waals surface area contributed by atoms with Crippen LogP contribution < -0.4 is 20.1 Å². The summed E-state index contributed by atoms with van der Waals surface area (Å²) in [5.41, 5.74) is 6.76. The van der Waals surface area contributed by atoms with E-state index >= 15 is 0 Å². The number of hydrogen-bond acceptors (Lipinski definition) is 6. The molecule has 1 fully saturated rings. The summed E-state index contributed by atoms with van der Waals surface area (Å²) in [6, 6.07) is 27.6. The highest BCUT2D eigenvalue weighted by molar-refractivity contribution is 5.96. The topological polar surface area (TPSA) is 76.7 Å². The fraction of sp³-hybridized carbons (Fsp3) is 0.381. The van der Waals surface area contributed by atoms with E-state index < -0.39 is 0 Å². The molecule has 6 rings (SSSR count). The Morgan fingerprint density at radius 3 is 1.65 bits per heavy atom. The molecule has 2 N–H and O–H groups in total. The molecule has 4 aromatic rings. The van der Waals surface area contributed by atoms with Crippen molar-refractivity contribution in [2.45, 2.75) is 78.6 Å². The summed E-state index contributed by atoms with van der Waals surface area (Å²) in [7, 11) is 3.78. The third kappa shape index (κ3) is 7.75. The largest absolute Gasteiger partial charge is 0.457 e. The van der Waals surface area contributed by atoms with E-state index in [9.17, 15) is 9.59 Å². The van der Waals surface area contributed by atoms with Crippen LogP contribution in [-0.2, 0) is 11.2 Å². The Bertz CT molecular complexity index is 1640. The first kappa shape index (κ1) is 34.7. The Morgan fingerprint density at radius 2 is 1.23 bits per heavy atom. The number of carbonyl (C=O) groups is 2. The number of carbonyl (C=O) groups excluding carboxylic acids is 2. The van der Waals surface area contributed by atoms with Crippen molar-refractivity contribution in [3.8, 4) is 23.0 Å². The summed E-state index contributed by atoms with van der Waals surface area (Å²) in [5, 5.41) is 6.16. The SMILES string of the molecule is CC(=O)c1cc2c(cc1C(C)C)CCC1C2CCCC1(C)C(C)=O.CNc1ccc(Oc2ccc(Oc3ccc(NC)cc3)cc2)cc1. The molecule has 0 bridgehead atoms. The zero-order chi connectivity index (χ0) is 34.4. The molecule has 0 aromatic heterocycles. The van der Waals surface area contributed by atoms with Crippen molar-refractivity contribution in [1.29, 1.82) is 0 Å². The van der Waals surface area contributed by atoms with Gasteiger partial charge in [0, 0.05) is 36.4 Å². The van der Waals surface area contributed by atoms with Crippen LogP contribution in [-0.4, -0.2) is 25.7 Å². The molecular formula is C42H50N2O4. The molecule has 6 heteroatoms. The predicted octanol–water partition coefficient (Wildman–Crippen LogP) is 10.8. The minimum atomic E-state index is -0.187. The molecule has 2 aliphatic carbocycles. The molecule has 0 radical (unpaired) electrons. The lowest BCUT2D eigenvalue weighted by atomic mass is 9.55. The van der Waals surface area contributed by atoms with E-state index in [-0.39, 0.29) is 11.2 Å². The second-order valence-electron chi connectivity index (χ2n) is 13.7. The lowest BCUT2D eigenvalue weighted by Crippen LogP contribution is -2.43. The molecule has 0 amide bonds. The molecule has 3 unspecified atom stereocenters. The van der Waals surface area contributed by atoms with Crippen molar-refractivity contribution in [1.82, 2.24) is 0 Å². The molecule has 2 aliphatic rings. The van der Waals surface area contributed by atoms with E-state index in [1.165, 1.54) is 16.7 Å². The number of fused-ring (bicyclic) bond motifs is 3. The van der Waals surface area contributed by atoms with Gasteiger partial charge in [-0.2, -0.15) is 0 Å². The van der Waals surface area contributed by atoms with Gasteiger partial charge in [-0.3, -0.25) is 9.59 Å². The van der Waals surface area contributed by atoms with Gasteiger partial charge in [-0.05, 0) is 153 Å². The first-order chi connectivity index (χ1) is 23.0. The average Bonchev–Trinajstić information content (AvgIpc) is 3.09. The monoisotopic (exact) mass is 646 g/mol. The van der Waals surface area contributed by atoms with Crippen LogP contribution in [0.3, 0.4) is 0 Å². The molecular weight excluding hydrogens is 596 g/mol. The normalized spacial score (nSPS) is 19.6. The fourth-order valence-corrected chi connectivity index (χ4v) is 7.41. The smallest absolute Gasteiger partial charge is 0.160 e. The Labute approximate surface area is 286 Å². The van der Waals surface area contributed by atoms with Crippen molar-refractivity contribution < 1.29 is 19.1 Å². The molecule has 48 heavy (non-hydrogen) atoms. The van der Waals surface area contributed by atoms with Gasteiger partial charge in [0.1, 0.15) is 28.8 Å². The van der Waals surface area contributed by atoms with Crippen molar-refractivity contribution >= 4 is 22.9 Å². The van der Waals surface area contributed by atoms with E-state index in [0.29, 0.717) is 23.5 Å². The highest BCUT2D eigenvalue weighted by atomic mass is 16.5. The zero-order valence-corrected chi connectivity index (χ0v) is 29.5. The van der Waals surface area contributed by atoms with Gasteiger partial charge >= 0.3 is 0 Å². The number of ketones is 2. The van der Waals surface area contributed by atoms with Crippen LogP contribution in [0.15, 0.2) is 84.9 Å². The number of benzene rings is 4. The Kier molecular flexibility index (Phi) is 10.9. The first-order valence-corrected chi connectivity index (χ1v) is 17.2. The van der Waals surface area contributed by atoms with Gasteiger partial charge in [-0.15, -0.1) is 0 Å². The van der Waals surface area contributed by atoms with Crippen molar-refractivity contribution in [3.63, 3.8) is 0 Å². The average molecular weight is 647 g/mol. The highest BCUT2D eigenvalue weighted by Gasteiger charge is 2.47. The van der Waals surface area contributed by atoms with Crippen molar-refractivity contribution in [2.75, 3.05) is 24.7 Å². The molecule has 0 spiro atoms. The third-order valence-corrected chi connectivity index (χ3v) is 10.3. The summed E-state index contributed by atoms with van der Waals surface area (Å²) in [6.45, 7) is 9.93. The molecule has 0 heterocycles. The van der Waals surface area contributed by atoms with Crippen LogP contribution in [0, 0.1) is 11.3 Å². The number of Topliss-reactive ketones (excluding diaryl/α,β-unsaturated/α-hetero) is 2. The number of rotatable bonds is 9. The highest BCUT2D eigenvalue weighted by Crippen LogP contribution is 2.54. The van der Waals surface area contributed by atoms with Gasteiger partial charge < -0.3 is 20.1 Å². The number of anilines is 2. The van der Waals surface area contributed by atoms with Crippen LogP contribution in [0.5, 0.6) is 23.0 Å². The maximum absolute atomic E-state index is 12.4. The second kappa shape index (κ2) is 15.1. The number of aryl methyl sites for hydroxylation is 1. The van der Waals surface area contributed by atoms with E-state index in [1.54, 1.807) is 13.8 Å². The van der Waals surface area contributed by atoms with Crippen molar-refractivity contribution in [3.05, 3.63) is 107 Å². The van der Waals surface area contributed by atoms with Gasteiger partial charge in [-0.25, -0.2) is 0 Å². The fourth-order valence-electron chi connectivity index (χ4n) is 7.41. The number of hydrogen-bond donors (Lipinski definition) is 2. The predicted molar refractivity (Wildman–Crippen MR) is 196 cm³/mol. The zero-order valence-electron chi connectivity index (χ0n) is 29.5. The van der Waals surface area contributed by atoms with E-state index in [4.69, 9.17) is 9.47 Å². The van der Waals surface area contributed by atoms with Gasteiger partial charge in [0.05, 0.1) is 0 Å². The van der Waals surface area contributed by atoms with Crippen LogP contribution in [0.25, 0.3) is 0 Å². The summed E-state index contributed by atoms with van der Waals surface area (Å²) >= 11 is 0. The molecule has 252 valence electrons. The van der Waals surface area contributed by atoms with Crippen LogP contribution in [0.2, 0.25) is 0 Å². The summed E-state index contributed by atoms with van der Waals surface area (Å²) in [4.78, 5) is 24.5. The number of ether oxygens (including phenoxy) is 2.